The van der Waals surface area contributed by atoms with E-state index in [-0.39, 0.29) is 6.79 Å². The molecule has 0 aliphatic carbocycles. The van der Waals surface area contributed by atoms with Gasteiger partial charge in [-0.25, -0.2) is 4.79 Å². The SMILES string of the molecule is O=C1OCOC1C(Cl)(Cl)Cl. The van der Waals surface area contributed by atoms with Crippen LogP contribution in [-0.2, 0) is 14.3 Å². The smallest absolute Gasteiger partial charge is 0.342 e. The summed E-state index contributed by atoms with van der Waals surface area (Å²) in [6.07, 6.45) is -1.09. The summed E-state index contributed by atoms with van der Waals surface area (Å²) < 4.78 is 7.31. The maximum absolute atomic E-state index is 10.6. The van der Waals surface area contributed by atoms with Gasteiger partial charge >= 0.3 is 5.97 Å². The Balaban J connectivity index is 2.64. The summed E-state index contributed by atoms with van der Waals surface area (Å²) in [4.78, 5) is 10.6. The van der Waals surface area contributed by atoms with Gasteiger partial charge in [-0.1, -0.05) is 34.8 Å². The number of rotatable bonds is 0. The first-order chi connectivity index (χ1) is 4.52. The zero-order valence-corrected chi connectivity index (χ0v) is 6.91. The van der Waals surface area contributed by atoms with Gasteiger partial charge < -0.3 is 9.47 Å². The van der Waals surface area contributed by atoms with Crippen molar-refractivity contribution in [3.8, 4) is 0 Å². The minimum atomic E-state index is -1.73. The highest BCUT2D eigenvalue weighted by molar-refractivity contribution is 6.68. The van der Waals surface area contributed by atoms with Crippen molar-refractivity contribution in [2.24, 2.45) is 0 Å². The normalized spacial score (nSPS) is 26.7. The van der Waals surface area contributed by atoms with Crippen LogP contribution in [0.4, 0.5) is 0 Å². The van der Waals surface area contributed by atoms with Gasteiger partial charge in [0, 0.05) is 0 Å². The quantitative estimate of drug-likeness (QED) is 0.441. The van der Waals surface area contributed by atoms with Crippen LogP contribution in [0.5, 0.6) is 0 Å². The first-order valence-electron chi connectivity index (χ1n) is 2.37. The summed E-state index contributed by atoms with van der Waals surface area (Å²) in [5.41, 5.74) is 0. The van der Waals surface area contributed by atoms with Crippen molar-refractivity contribution >= 4 is 40.8 Å². The molecule has 1 unspecified atom stereocenters. The van der Waals surface area contributed by atoms with Gasteiger partial charge in [-0.05, 0) is 0 Å². The van der Waals surface area contributed by atoms with Crippen molar-refractivity contribution in [2.75, 3.05) is 6.79 Å². The summed E-state index contributed by atoms with van der Waals surface area (Å²) in [6, 6.07) is 0. The third-order valence-corrected chi connectivity index (χ3v) is 1.54. The lowest BCUT2D eigenvalue weighted by molar-refractivity contribution is -0.139. The second-order valence-electron chi connectivity index (χ2n) is 1.67. The fourth-order valence-electron chi connectivity index (χ4n) is 0.532. The highest BCUT2D eigenvalue weighted by atomic mass is 35.6. The number of cyclic esters (lactones) is 1. The molecule has 0 aromatic carbocycles. The van der Waals surface area contributed by atoms with E-state index in [0.717, 1.165) is 0 Å². The number of carbonyl (C=O) groups is 1. The standard InChI is InChI=1S/C4H3Cl3O3/c5-4(6,7)2-3(8)10-1-9-2/h2H,1H2. The van der Waals surface area contributed by atoms with E-state index in [4.69, 9.17) is 34.8 Å². The minimum absolute atomic E-state index is 0.141. The molecule has 58 valence electrons. The van der Waals surface area contributed by atoms with Crippen LogP contribution in [0.3, 0.4) is 0 Å². The molecule has 3 nitrogen and oxygen atoms in total. The number of alkyl halides is 3. The van der Waals surface area contributed by atoms with E-state index in [1.54, 1.807) is 0 Å². The Labute approximate surface area is 72.1 Å². The number of ether oxygens (including phenoxy) is 2. The van der Waals surface area contributed by atoms with Gasteiger partial charge in [-0.2, -0.15) is 0 Å². The monoisotopic (exact) mass is 204 g/mol. The maximum Gasteiger partial charge on any atom is 0.342 e. The number of halogens is 3. The number of carbonyl (C=O) groups excluding carboxylic acids is 1. The van der Waals surface area contributed by atoms with E-state index in [9.17, 15) is 4.79 Å². The molecular weight excluding hydrogens is 202 g/mol. The highest BCUT2D eigenvalue weighted by Gasteiger charge is 2.44. The third-order valence-electron chi connectivity index (χ3n) is 0.947. The number of hydrogen-bond donors (Lipinski definition) is 0. The molecule has 1 aliphatic heterocycles. The summed E-state index contributed by atoms with van der Waals surface area (Å²) in [6.45, 7) is -0.141. The van der Waals surface area contributed by atoms with Crippen LogP contribution < -0.4 is 0 Å². The molecule has 0 spiro atoms. The van der Waals surface area contributed by atoms with E-state index >= 15 is 0 Å². The van der Waals surface area contributed by atoms with Gasteiger partial charge in [0.05, 0.1) is 0 Å². The van der Waals surface area contributed by atoms with Crippen LogP contribution in [0.2, 0.25) is 0 Å². The molecule has 0 aromatic heterocycles. The van der Waals surface area contributed by atoms with Crippen LogP contribution in [0.1, 0.15) is 0 Å². The van der Waals surface area contributed by atoms with E-state index in [1.165, 1.54) is 0 Å². The van der Waals surface area contributed by atoms with Crippen LogP contribution in [0.15, 0.2) is 0 Å². The van der Waals surface area contributed by atoms with E-state index < -0.39 is 15.9 Å². The predicted molar refractivity (Wildman–Crippen MR) is 36.1 cm³/mol. The lowest BCUT2D eigenvalue weighted by Crippen LogP contribution is -2.31. The Morgan fingerprint density at radius 2 is 2.10 bits per heavy atom. The predicted octanol–water partition coefficient (Wildman–Crippen LogP) is 1.26. The maximum atomic E-state index is 10.6. The van der Waals surface area contributed by atoms with Gasteiger partial charge in [0.25, 0.3) is 0 Å². The Kier molecular flexibility index (Phi) is 2.30. The fourth-order valence-corrected chi connectivity index (χ4v) is 0.988. The summed E-state index contributed by atoms with van der Waals surface area (Å²) >= 11 is 16.0. The second-order valence-corrected chi connectivity index (χ2v) is 4.04. The molecule has 0 amide bonds. The second kappa shape index (κ2) is 2.74. The average Bonchev–Trinajstić information content (AvgIpc) is 2.11. The van der Waals surface area contributed by atoms with Crippen LogP contribution in [0.25, 0.3) is 0 Å². The molecule has 1 fully saturated rings. The molecule has 0 saturated carbocycles. The highest BCUT2D eigenvalue weighted by Crippen LogP contribution is 2.34. The zero-order chi connectivity index (χ0) is 7.78. The molecule has 1 atom stereocenters. The Bertz CT molecular complexity index is 152. The van der Waals surface area contributed by atoms with E-state index in [0.29, 0.717) is 0 Å². The van der Waals surface area contributed by atoms with Gasteiger partial charge in [0.1, 0.15) is 0 Å². The molecule has 1 aliphatic rings. The van der Waals surface area contributed by atoms with Crippen LogP contribution in [0, 0.1) is 0 Å². The first kappa shape index (κ1) is 8.40. The topological polar surface area (TPSA) is 35.5 Å². The molecule has 0 N–H and O–H groups in total. The van der Waals surface area contributed by atoms with E-state index in [2.05, 4.69) is 9.47 Å². The van der Waals surface area contributed by atoms with Gasteiger partial charge in [-0.15, -0.1) is 0 Å². The van der Waals surface area contributed by atoms with Gasteiger partial charge in [0.2, 0.25) is 9.90 Å². The summed E-state index contributed by atoms with van der Waals surface area (Å²) in [5.74, 6) is -0.639. The fraction of sp³-hybridized carbons (Fsp3) is 0.750. The van der Waals surface area contributed by atoms with Crippen molar-refractivity contribution in [1.29, 1.82) is 0 Å². The van der Waals surface area contributed by atoms with Crippen molar-refractivity contribution in [3.05, 3.63) is 0 Å². The molecule has 6 heteroatoms. The third kappa shape index (κ3) is 1.66. The van der Waals surface area contributed by atoms with Gasteiger partial charge in [-0.3, -0.25) is 0 Å². The summed E-state index contributed by atoms with van der Waals surface area (Å²) in [5, 5.41) is 0. The molecule has 1 heterocycles. The van der Waals surface area contributed by atoms with Crippen LogP contribution in [-0.4, -0.2) is 22.7 Å². The van der Waals surface area contributed by atoms with Crippen molar-refractivity contribution in [2.45, 2.75) is 9.90 Å². The average molecular weight is 205 g/mol. The van der Waals surface area contributed by atoms with Crippen molar-refractivity contribution in [1.82, 2.24) is 0 Å². The lowest BCUT2D eigenvalue weighted by atomic mass is 10.4. The van der Waals surface area contributed by atoms with Gasteiger partial charge in [0.15, 0.2) is 6.79 Å². The number of esters is 1. The first-order valence-corrected chi connectivity index (χ1v) is 3.50. The Morgan fingerprint density at radius 1 is 1.50 bits per heavy atom. The molecule has 1 rings (SSSR count). The molecule has 10 heavy (non-hydrogen) atoms. The van der Waals surface area contributed by atoms with Crippen molar-refractivity contribution < 1.29 is 14.3 Å². The molecule has 1 saturated heterocycles. The largest absolute Gasteiger partial charge is 0.436 e. The van der Waals surface area contributed by atoms with Crippen molar-refractivity contribution in [3.63, 3.8) is 0 Å². The lowest BCUT2D eigenvalue weighted by Gasteiger charge is -2.13. The minimum Gasteiger partial charge on any atom is -0.436 e. The molecule has 0 bridgehead atoms. The van der Waals surface area contributed by atoms with E-state index in [1.807, 2.05) is 0 Å². The Hall–Kier alpha value is 0.300. The number of hydrogen-bond acceptors (Lipinski definition) is 3. The molecule has 0 aromatic rings. The van der Waals surface area contributed by atoms with Crippen LogP contribution >= 0.6 is 34.8 Å². The Morgan fingerprint density at radius 3 is 2.30 bits per heavy atom. The summed E-state index contributed by atoms with van der Waals surface area (Å²) in [7, 11) is 0. The molecular formula is C4H3Cl3O3. The molecule has 0 radical (unpaired) electrons. The zero-order valence-electron chi connectivity index (χ0n) is 4.64.